The zero-order valence-corrected chi connectivity index (χ0v) is 10.3. The molecule has 4 N–H and O–H groups in total. The van der Waals surface area contributed by atoms with E-state index in [-0.39, 0.29) is 6.61 Å². The largest absolute Gasteiger partial charge is 0.459 e. The Hall–Kier alpha value is -1.63. The number of benzene rings is 1. The van der Waals surface area contributed by atoms with Crippen LogP contribution in [0.3, 0.4) is 0 Å². The molecule has 0 bridgehead atoms. The second-order valence-electron chi connectivity index (χ2n) is 3.84. The first-order valence-corrected chi connectivity index (χ1v) is 6.17. The van der Waals surface area contributed by atoms with Crippen LogP contribution in [0.2, 0.25) is 0 Å². The molecule has 0 spiro atoms. The third kappa shape index (κ3) is 2.79. The van der Waals surface area contributed by atoms with Gasteiger partial charge in [-0.1, -0.05) is 0 Å². The Kier molecular flexibility index (Phi) is 3.81. The minimum absolute atomic E-state index is 0.217. The molecule has 96 valence electrons. The van der Waals surface area contributed by atoms with Gasteiger partial charge in [0.05, 0.1) is 6.61 Å². The number of carbonyl (C=O) groups is 1. The van der Waals surface area contributed by atoms with Crippen molar-refractivity contribution in [2.75, 3.05) is 18.9 Å². The molecule has 1 heterocycles. The van der Waals surface area contributed by atoms with Crippen molar-refractivity contribution in [3.05, 3.63) is 29.1 Å². The van der Waals surface area contributed by atoms with Crippen molar-refractivity contribution in [2.45, 2.75) is 6.10 Å². The number of rotatable bonds is 4. The van der Waals surface area contributed by atoms with Crippen LogP contribution >= 0.6 is 11.3 Å². The molecule has 1 unspecified atom stereocenters. The number of nitrogens with two attached hydrogens (primary N) is 1. The fourth-order valence-electron chi connectivity index (χ4n) is 1.46. The van der Waals surface area contributed by atoms with Crippen molar-refractivity contribution in [3.8, 4) is 0 Å². The maximum atomic E-state index is 11.7. The minimum Gasteiger partial charge on any atom is -0.459 e. The first-order valence-electron chi connectivity index (χ1n) is 5.35. The van der Waals surface area contributed by atoms with E-state index in [1.807, 2.05) is 6.07 Å². The monoisotopic (exact) mass is 267 g/mol. The molecule has 1 aromatic carbocycles. The molecule has 0 fully saturated rings. The summed E-state index contributed by atoms with van der Waals surface area (Å²) in [6, 6.07) is 7.09. The Morgan fingerprint density at radius 3 is 2.94 bits per heavy atom. The summed E-state index contributed by atoms with van der Waals surface area (Å²) in [4.78, 5) is 12.1. The number of aliphatic hydroxyl groups is 2. The lowest BCUT2D eigenvalue weighted by Crippen LogP contribution is -2.21. The molecule has 0 aliphatic carbocycles. The number of fused-ring (bicyclic) bond motifs is 1. The predicted octanol–water partition coefficient (Wildman–Crippen LogP) is 0.994. The normalized spacial score (nSPS) is 12.6. The SMILES string of the molecule is Nc1ccc2sc(C(=O)OCC(O)CO)cc2c1. The lowest BCUT2D eigenvalue weighted by Gasteiger charge is -2.06. The highest BCUT2D eigenvalue weighted by Gasteiger charge is 2.13. The number of thiophene rings is 1. The lowest BCUT2D eigenvalue weighted by molar-refractivity contribution is 0.00971. The Morgan fingerprint density at radius 1 is 1.44 bits per heavy atom. The summed E-state index contributed by atoms with van der Waals surface area (Å²) in [6.07, 6.45) is -1.04. The first-order chi connectivity index (χ1) is 8.60. The summed E-state index contributed by atoms with van der Waals surface area (Å²) < 4.78 is 5.81. The van der Waals surface area contributed by atoms with Crippen LogP contribution in [0.1, 0.15) is 9.67 Å². The third-order valence-corrected chi connectivity index (χ3v) is 3.46. The highest BCUT2D eigenvalue weighted by molar-refractivity contribution is 7.20. The van der Waals surface area contributed by atoms with Crippen molar-refractivity contribution in [1.82, 2.24) is 0 Å². The molecular formula is C12H13NO4S. The van der Waals surface area contributed by atoms with Gasteiger partial charge < -0.3 is 20.7 Å². The highest BCUT2D eigenvalue weighted by Crippen LogP contribution is 2.27. The third-order valence-electron chi connectivity index (χ3n) is 2.36. The van der Waals surface area contributed by atoms with Crippen molar-refractivity contribution in [1.29, 1.82) is 0 Å². The van der Waals surface area contributed by atoms with E-state index in [0.717, 1.165) is 10.1 Å². The van der Waals surface area contributed by atoms with Crippen LogP contribution < -0.4 is 5.73 Å². The van der Waals surface area contributed by atoms with Gasteiger partial charge in [-0.25, -0.2) is 4.79 Å². The summed E-state index contributed by atoms with van der Waals surface area (Å²) >= 11 is 1.30. The highest BCUT2D eigenvalue weighted by atomic mass is 32.1. The average molecular weight is 267 g/mol. The van der Waals surface area contributed by atoms with Crippen LogP contribution in [-0.2, 0) is 4.74 Å². The maximum Gasteiger partial charge on any atom is 0.348 e. The van der Waals surface area contributed by atoms with Crippen molar-refractivity contribution < 1.29 is 19.7 Å². The number of esters is 1. The number of nitrogen functional groups attached to an aromatic ring is 1. The molecular weight excluding hydrogens is 254 g/mol. The molecule has 1 aromatic heterocycles. The number of ether oxygens (including phenoxy) is 1. The summed E-state index contributed by atoms with van der Waals surface area (Å²) in [5, 5.41) is 18.6. The van der Waals surface area contributed by atoms with Crippen LogP contribution in [0.15, 0.2) is 24.3 Å². The predicted molar refractivity (Wildman–Crippen MR) is 69.6 cm³/mol. The average Bonchev–Trinajstić information content (AvgIpc) is 2.78. The van der Waals surface area contributed by atoms with Gasteiger partial charge in [-0.05, 0) is 29.7 Å². The molecule has 2 rings (SSSR count). The number of aliphatic hydroxyl groups excluding tert-OH is 2. The Balaban J connectivity index is 2.13. The molecule has 0 aliphatic rings. The summed E-state index contributed by atoms with van der Waals surface area (Å²) in [6.45, 7) is -0.651. The molecule has 0 amide bonds. The fraction of sp³-hybridized carbons (Fsp3) is 0.250. The molecule has 18 heavy (non-hydrogen) atoms. The molecule has 0 saturated heterocycles. The van der Waals surface area contributed by atoms with Gasteiger partial charge in [-0.3, -0.25) is 0 Å². The van der Waals surface area contributed by atoms with E-state index in [0.29, 0.717) is 10.6 Å². The second kappa shape index (κ2) is 5.34. The summed E-state index contributed by atoms with van der Waals surface area (Å²) in [5.41, 5.74) is 6.29. The first kappa shape index (κ1) is 12.8. The Labute approximate surface area is 107 Å². The van der Waals surface area contributed by atoms with Crippen LogP contribution in [-0.4, -0.2) is 35.5 Å². The van der Waals surface area contributed by atoms with E-state index < -0.39 is 18.7 Å². The molecule has 5 nitrogen and oxygen atoms in total. The topological polar surface area (TPSA) is 92.8 Å². The minimum atomic E-state index is -1.04. The number of hydrogen-bond donors (Lipinski definition) is 3. The van der Waals surface area contributed by atoms with Gasteiger partial charge in [-0.15, -0.1) is 11.3 Å². The van der Waals surface area contributed by atoms with E-state index in [9.17, 15) is 4.79 Å². The smallest absolute Gasteiger partial charge is 0.348 e. The number of anilines is 1. The fourth-order valence-corrected chi connectivity index (χ4v) is 2.40. The Morgan fingerprint density at radius 2 is 2.22 bits per heavy atom. The number of hydrogen-bond acceptors (Lipinski definition) is 6. The molecule has 1 atom stereocenters. The number of carbonyl (C=O) groups excluding carboxylic acids is 1. The van der Waals surface area contributed by atoms with Gasteiger partial charge in [-0.2, -0.15) is 0 Å². The molecule has 2 aromatic rings. The van der Waals surface area contributed by atoms with Gasteiger partial charge in [0.1, 0.15) is 17.6 Å². The molecule has 6 heteroatoms. The standard InChI is InChI=1S/C12H13NO4S/c13-8-1-2-10-7(3-8)4-11(18-10)12(16)17-6-9(15)5-14/h1-4,9,14-15H,5-6,13H2. The van der Waals surface area contributed by atoms with Gasteiger partial charge >= 0.3 is 5.97 Å². The van der Waals surface area contributed by atoms with E-state index in [1.165, 1.54) is 11.3 Å². The van der Waals surface area contributed by atoms with Crippen molar-refractivity contribution in [2.24, 2.45) is 0 Å². The molecule has 0 saturated carbocycles. The van der Waals surface area contributed by atoms with E-state index in [2.05, 4.69) is 0 Å². The van der Waals surface area contributed by atoms with Crippen molar-refractivity contribution in [3.63, 3.8) is 0 Å². The summed E-state index contributed by atoms with van der Waals surface area (Å²) in [5.74, 6) is -0.512. The zero-order valence-electron chi connectivity index (χ0n) is 9.50. The van der Waals surface area contributed by atoms with Gasteiger partial charge in [0, 0.05) is 10.4 Å². The van der Waals surface area contributed by atoms with Crippen LogP contribution in [0.4, 0.5) is 5.69 Å². The van der Waals surface area contributed by atoms with Gasteiger partial charge in [0.15, 0.2) is 0 Å². The zero-order chi connectivity index (χ0) is 13.1. The van der Waals surface area contributed by atoms with Gasteiger partial charge in [0.2, 0.25) is 0 Å². The van der Waals surface area contributed by atoms with Crippen LogP contribution in [0, 0.1) is 0 Å². The van der Waals surface area contributed by atoms with Crippen LogP contribution in [0.5, 0.6) is 0 Å². The Bertz CT molecular complexity index is 566. The maximum absolute atomic E-state index is 11.7. The van der Waals surface area contributed by atoms with E-state index in [1.54, 1.807) is 18.2 Å². The summed E-state index contributed by atoms with van der Waals surface area (Å²) in [7, 11) is 0. The van der Waals surface area contributed by atoms with E-state index in [4.69, 9.17) is 20.7 Å². The van der Waals surface area contributed by atoms with Gasteiger partial charge in [0.25, 0.3) is 0 Å². The quantitative estimate of drug-likeness (QED) is 0.567. The van der Waals surface area contributed by atoms with Crippen LogP contribution in [0.25, 0.3) is 10.1 Å². The van der Waals surface area contributed by atoms with Crippen molar-refractivity contribution >= 4 is 33.1 Å². The van der Waals surface area contributed by atoms with E-state index >= 15 is 0 Å². The second-order valence-corrected chi connectivity index (χ2v) is 4.93. The molecule has 0 radical (unpaired) electrons. The molecule has 0 aliphatic heterocycles. The lowest BCUT2D eigenvalue weighted by atomic mass is 10.2.